The van der Waals surface area contributed by atoms with Crippen LogP contribution in [0.2, 0.25) is 0 Å². The molecule has 0 amide bonds. The first kappa shape index (κ1) is 13.9. The number of aromatic carboxylic acids is 1. The second-order valence-corrected chi connectivity index (χ2v) is 4.33. The van der Waals surface area contributed by atoms with E-state index in [0.29, 0.717) is 11.4 Å². The van der Waals surface area contributed by atoms with Crippen LogP contribution >= 0.6 is 0 Å². The molecule has 2 rings (SSSR count). The summed E-state index contributed by atoms with van der Waals surface area (Å²) in [6.45, 7) is 1.81. The summed E-state index contributed by atoms with van der Waals surface area (Å²) in [5, 5.41) is 12.1. The molecule has 2 N–H and O–H groups in total. The van der Waals surface area contributed by atoms with Gasteiger partial charge in [-0.05, 0) is 31.2 Å². The number of aryl methyl sites for hydroxylation is 1. The van der Waals surface area contributed by atoms with Crippen molar-refractivity contribution in [3.63, 3.8) is 0 Å². The average Bonchev–Trinajstić information content (AvgIpc) is 2.41. The van der Waals surface area contributed by atoms with E-state index >= 15 is 0 Å². The lowest BCUT2D eigenvalue weighted by Gasteiger charge is -2.11. The van der Waals surface area contributed by atoms with Gasteiger partial charge in [0, 0.05) is 11.8 Å². The number of carboxylic acid groups (broad SMARTS) is 1. The molecular weight excluding hydrogens is 261 g/mol. The molecule has 0 fully saturated rings. The van der Waals surface area contributed by atoms with Crippen LogP contribution in [0.5, 0.6) is 5.75 Å². The third-order valence-corrected chi connectivity index (χ3v) is 2.84. The largest absolute Gasteiger partial charge is 0.494 e. The van der Waals surface area contributed by atoms with Crippen molar-refractivity contribution in [3.05, 3.63) is 53.3 Å². The summed E-state index contributed by atoms with van der Waals surface area (Å²) < 4.78 is 18.4. The van der Waals surface area contributed by atoms with Gasteiger partial charge in [0.2, 0.25) is 0 Å². The number of carboxylic acids is 1. The number of rotatable bonds is 4. The number of nitrogens with one attached hydrogen (secondary N) is 1. The standard InChI is InChI=1S/C15H14FNO3/c1-9-3-5-13(11(7-9)15(18)19)17-10-4-6-14(20-2)12(16)8-10/h3-8,17H,1-2H3,(H,18,19). The van der Waals surface area contributed by atoms with Crippen molar-refractivity contribution in [3.8, 4) is 5.75 Å². The molecule has 0 radical (unpaired) electrons. The Morgan fingerprint density at radius 1 is 1.25 bits per heavy atom. The Balaban J connectivity index is 2.35. The number of hydrogen-bond acceptors (Lipinski definition) is 3. The summed E-state index contributed by atoms with van der Waals surface area (Å²) >= 11 is 0. The van der Waals surface area contributed by atoms with Gasteiger partial charge in [0.15, 0.2) is 11.6 Å². The lowest BCUT2D eigenvalue weighted by atomic mass is 10.1. The van der Waals surface area contributed by atoms with Crippen molar-refractivity contribution in [2.75, 3.05) is 12.4 Å². The molecule has 0 saturated carbocycles. The van der Waals surface area contributed by atoms with Crippen LogP contribution in [0, 0.1) is 12.7 Å². The first-order valence-corrected chi connectivity index (χ1v) is 5.96. The number of hydrogen-bond donors (Lipinski definition) is 2. The van der Waals surface area contributed by atoms with Gasteiger partial charge in [0.25, 0.3) is 0 Å². The highest BCUT2D eigenvalue weighted by atomic mass is 19.1. The van der Waals surface area contributed by atoms with Gasteiger partial charge in [-0.3, -0.25) is 0 Å². The van der Waals surface area contributed by atoms with Crippen molar-refractivity contribution >= 4 is 17.3 Å². The van der Waals surface area contributed by atoms with Gasteiger partial charge in [-0.25, -0.2) is 9.18 Å². The zero-order valence-electron chi connectivity index (χ0n) is 11.1. The quantitative estimate of drug-likeness (QED) is 0.895. The summed E-state index contributed by atoms with van der Waals surface area (Å²) in [6, 6.07) is 9.35. The van der Waals surface area contributed by atoms with Crippen molar-refractivity contribution in [2.24, 2.45) is 0 Å². The second kappa shape index (κ2) is 5.61. The minimum absolute atomic E-state index is 0.137. The topological polar surface area (TPSA) is 58.6 Å². The molecule has 0 unspecified atom stereocenters. The molecule has 0 saturated heterocycles. The van der Waals surface area contributed by atoms with Gasteiger partial charge >= 0.3 is 5.97 Å². The third-order valence-electron chi connectivity index (χ3n) is 2.84. The zero-order chi connectivity index (χ0) is 14.7. The Morgan fingerprint density at radius 2 is 2.00 bits per heavy atom. The molecule has 2 aromatic rings. The molecule has 20 heavy (non-hydrogen) atoms. The summed E-state index contributed by atoms with van der Waals surface area (Å²) in [7, 11) is 1.38. The van der Waals surface area contributed by atoms with Crippen molar-refractivity contribution in [1.29, 1.82) is 0 Å². The molecule has 5 heteroatoms. The highest BCUT2D eigenvalue weighted by Gasteiger charge is 2.11. The summed E-state index contributed by atoms with van der Waals surface area (Å²) in [5.74, 6) is -1.41. The van der Waals surface area contributed by atoms with E-state index in [-0.39, 0.29) is 11.3 Å². The third kappa shape index (κ3) is 2.88. The lowest BCUT2D eigenvalue weighted by molar-refractivity contribution is 0.0698. The Hall–Kier alpha value is -2.56. The highest BCUT2D eigenvalue weighted by Crippen LogP contribution is 2.26. The minimum Gasteiger partial charge on any atom is -0.494 e. The first-order valence-electron chi connectivity index (χ1n) is 5.96. The number of carbonyl (C=O) groups is 1. The van der Waals surface area contributed by atoms with Crippen molar-refractivity contribution < 1.29 is 19.0 Å². The molecule has 0 heterocycles. The van der Waals surface area contributed by atoms with E-state index in [4.69, 9.17) is 4.74 Å². The Bertz CT molecular complexity index is 656. The fourth-order valence-electron chi connectivity index (χ4n) is 1.84. The summed E-state index contributed by atoms with van der Waals surface area (Å²) in [5.41, 5.74) is 1.84. The number of anilines is 2. The predicted octanol–water partition coefficient (Wildman–Crippen LogP) is 3.58. The molecule has 0 aliphatic rings. The smallest absolute Gasteiger partial charge is 0.337 e. The van der Waals surface area contributed by atoms with E-state index in [9.17, 15) is 14.3 Å². The van der Waals surface area contributed by atoms with Crippen LogP contribution in [0.3, 0.4) is 0 Å². The van der Waals surface area contributed by atoms with Crippen molar-refractivity contribution in [2.45, 2.75) is 6.92 Å². The molecule has 2 aromatic carbocycles. The van der Waals surface area contributed by atoms with E-state index in [2.05, 4.69) is 5.32 Å². The number of methoxy groups -OCH3 is 1. The normalized spacial score (nSPS) is 10.2. The van der Waals surface area contributed by atoms with E-state index in [1.54, 1.807) is 24.3 Å². The van der Waals surface area contributed by atoms with Gasteiger partial charge in [-0.2, -0.15) is 0 Å². The van der Waals surface area contributed by atoms with Crippen LogP contribution in [-0.4, -0.2) is 18.2 Å². The van der Waals surface area contributed by atoms with E-state index in [1.807, 2.05) is 6.92 Å². The average molecular weight is 275 g/mol. The maximum atomic E-state index is 13.6. The predicted molar refractivity (Wildman–Crippen MR) is 74.4 cm³/mol. The number of halogens is 1. The molecule has 0 aliphatic carbocycles. The van der Waals surface area contributed by atoms with Gasteiger partial charge < -0.3 is 15.2 Å². The maximum Gasteiger partial charge on any atom is 0.337 e. The molecule has 4 nitrogen and oxygen atoms in total. The summed E-state index contributed by atoms with van der Waals surface area (Å²) in [4.78, 5) is 11.2. The zero-order valence-corrected chi connectivity index (χ0v) is 11.1. The van der Waals surface area contributed by atoms with Crippen LogP contribution in [-0.2, 0) is 0 Å². The van der Waals surface area contributed by atoms with Crippen molar-refractivity contribution in [1.82, 2.24) is 0 Å². The highest BCUT2D eigenvalue weighted by molar-refractivity contribution is 5.95. The van der Waals surface area contributed by atoms with Crippen LogP contribution < -0.4 is 10.1 Å². The van der Waals surface area contributed by atoms with Crippen LogP contribution in [0.25, 0.3) is 0 Å². The molecule has 0 atom stereocenters. The molecular formula is C15H14FNO3. The Morgan fingerprint density at radius 3 is 2.60 bits per heavy atom. The lowest BCUT2D eigenvalue weighted by Crippen LogP contribution is -2.03. The summed E-state index contributed by atoms with van der Waals surface area (Å²) in [6.07, 6.45) is 0. The molecule has 104 valence electrons. The van der Waals surface area contributed by atoms with E-state index in [1.165, 1.54) is 19.2 Å². The molecule has 0 aliphatic heterocycles. The van der Waals surface area contributed by atoms with Crippen LogP contribution in [0.4, 0.5) is 15.8 Å². The minimum atomic E-state index is -1.04. The van der Waals surface area contributed by atoms with Gasteiger partial charge in [0.1, 0.15) is 0 Å². The maximum absolute atomic E-state index is 13.6. The van der Waals surface area contributed by atoms with Crippen LogP contribution in [0.1, 0.15) is 15.9 Å². The van der Waals surface area contributed by atoms with Gasteiger partial charge in [-0.15, -0.1) is 0 Å². The SMILES string of the molecule is COc1ccc(Nc2ccc(C)cc2C(=O)O)cc1F. The fraction of sp³-hybridized carbons (Fsp3) is 0.133. The van der Waals surface area contributed by atoms with Crippen LogP contribution in [0.15, 0.2) is 36.4 Å². The first-order chi connectivity index (χ1) is 9.51. The van der Waals surface area contributed by atoms with Gasteiger partial charge in [0.05, 0.1) is 18.4 Å². The monoisotopic (exact) mass is 275 g/mol. The van der Waals surface area contributed by atoms with E-state index in [0.717, 1.165) is 5.56 Å². The molecule has 0 spiro atoms. The van der Waals surface area contributed by atoms with Gasteiger partial charge in [-0.1, -0.05) is 11.6 Å². The Labute approximate surface area is 115 Å². The molecule has 0 bridgehead atoms. The number of benzene rings is 2. The number of ether oxygens (including phenoxy) is 1. The van der Waals surface area contributed by atoms with E-state index < -0.39 is 11.8 Å². The fourth-order valence-corrected chi connectivity index (χ4v) is 1.84. The second-order valence-electron chi connectivity index (χ2n) is 4.33. The molecule has 0 aromatic heterocycles. The Kier molecular flexibility index (Phi) is 3.89.